The van der Waals surface area contributed by atoms with Gasteiger partial charge in [-0.25, -0.2) is 0 Å². The number of benzene rings is 1. The van der Waals surface area contributed by atoms with Crippen molar-refractivity contribution < 1.29 is 4.52 Å². The van der Waals surface area contributed by atoms with Gasteiger partial charge in [-0.05, 0) is 31.9 Å². The largest absolute Gasteiger partial charge is 0.338 e. The number of nitrogens with zero attached hydrogens (tertiary/aromatic N) is 2. The molecule has 0 saturated heterocycles. The molecule has 1 fully saturated rings. The molecular weight excluding hydrogens is 306 g/mol. The zero-order valence-corrected chi connectivity index (χ0v) is 13.7. The SMILES string of the molecule is Cc1ccc(SCc2nc(C3(N)CCCC3)no2)cc1.Cl. The molecule has 4 nitrogen and oxygen atoms in total. The van der Waals surface area contributed by atoms with Crippen molar-refractivity contribution in [1.82, 2.24) is 10.1 Å². The molecule has 2 aromatic rings. The molecule has 0 atom stereocenters. The van der Waals surface area contributed by atoms with E-state index in [0.29, 0.717) is 17.5 Å². The Hall–Kier alpha value is -1.04. The third-order valence-electron chi connectivity index (χ3n) is 3.79. The van der Waals surface area contributed by atoms with Gasteiger partial charge >= 0.3 is 0 Å². The molecule has 0 amide bonds. The molecule has 0 unspecified atom stereocenters. The highest BCUT2D eigenvalue weighted by molar-refractivity contribution is 7.98. The number of rotatable bonds is 4. The lowest BCUT2D eigenvalue weighted by atomic mass is 9.99. The highest BCUT2D eigenvalue weighted by Crippen LogP contribution is 2.35. The second-order valence-electron chi connectivity index (χ2n) is 5.48. The summed E-state index contributed by atoms with van der Waals surface area (Å²) < 4.78 is 5.33. The monoisotopic (exact) mass is 325 g/mol. The van der Waals surface area contributed by atoms with Crippen LogP contribution in [0, 0.1) is 6.92 Å². The molecule has 1 aromatic heterocycles. The van der Waals surface area contributed by atoms with Crippen molar-refractivity contribution in [2.75, 3.05) is 0 Å². The second kappa shape index (κ2) is 6.81. The number of halogens is 1. The first kappa shape index (κ1) is 16.3. The summed E-state index contributed by atoms with van der Waals surface area (Å²) in [4.78, 5) is 5.68. The van der Waals surface area contributed by atoms with Gasteiger partial charge in [0.1, 0.15) is 0 Å². The van der Waals surface area contributed by atoms with E-state index in [9.17, 15) is 0 Å². The van der Waals surface area contributed by atoms with Crippen LogP contribution in [0.3, 0.4) is 0 Å². The molecule has 1 aliphatic rings. The van der Waals surface area contributed by atoms with Crippen LogP contribution < -0.4 is 5.73 Å². The van der Waals surface area contributed by atoms with E-state index in [2.05, 4.69) is 41.3 Å². The van der Waals surface area contributed by atoms with E-state index in [1.54, 1.807) is 11.8 Å². The van der Waals surface area contributed by atoms with E-state index in [4.69, 9.17) is 10.3 Å². The molecule has 21 heavy (non-hydrogen) atoms. The normalized spacial score (nSPS) is 16.7. The average molecular weight is 326 g/mol. The van der Waals surface area contributed by atoms with Crippen LogP contribution in [0.1, 0.15) is 43.0 Å². The Morgan fingerprint density at radius 2 is 1.90 bits per heavy atom. The zero-order chi connectivity index (χ0) is 14.0. The first-order valence-corrected chi connectivity index (χ1v) is 7.96. The topological polar surface area (TPSA) is 64.9 Å². The van der Waals surface area contributed by atoms with Crippen molar-refractivity contribution in [2.24, 2.45) is 5.73 Å². The van der Waals surface area contributed by atoms with Gasteiger partial charge in [-0.3, -0.25) is 0 Å². The lowest BCUT2D eigenvalue weighted by Crippen LogP contribution is -2.34. The van der Waals surface area contributed by atoms with Crippen LogP contribution >= 0.6 is 24.2 Å². The Kier molecular flexibility index (Phi) is 5.30. The molecular formula is C15H20ClN3OS. The van der Waals surface area contributed by atoms with Gasteiger partial charge < -0.3 is 10.3 Å². The molecule has 0 spiro atoms. The van der Waals surface area contributed by atoms with Gasteiger partial charge in [0.05, 0.1) is 11.3 Å². The first-order chi connectivity index (χ1) is 9.66. The van der Waals surface area contributed by atoms with Gasteiger partial charge in [0.2, 0.25) is 5.89 Å². The zero-order valence-electron chi connectivity index (χ0n) is 12.0. The summed E-state index contributed by atoms with van der Waals surface area (Å²) >= 11 is 1.70. The van der Waals surface area contributed by atoms with Gasteiger partial charge in [0, 0.05) is 4.90 Å². The fourth-order valence-corrected chi connectivity index (χ4v) is 3.26. The van der Waals surface area contributed by atoms with Crippen LogP contribution in [0.4, 0.5) is 0 Å². The maximum atomic E-state index is 6.33. The van der Waals surface area contributed by atoms with E-state index in [1.807, 2.05) is 0 Å². The summed E-state index contributed by atoms with van der Waals surface area (Å²) in [6, 6.07) is 8.43. The Morgan fingerprint density at radius 3 is 2.57 bits per heavy atom. The van der Waals surface area contributed by atoms with E-state index < -0.39 is 0 Å². The number of aromatic nitrogens is 2. The standard InChI is InChI=1S/C15H19N3OS.ClH/c1-11-4-6-12(7-5-11)20-10-13-17-14(18-19-13)15(16)8-2-3-9-15;/h4-7H,2-3,8-10,16H2,1H3;1H. The fraction of sp³-hybridized carbons (Fsp3) is 0.467. The summed E-state index contributed by atoms with van der Waals surface area (Å²) in [5.74, 6) is 2.02. The maximum absolute atomic E-state index is 6.33. The lowest BCUT2D eigenvalue weighted by Gasteiger charge is -2.17. The van der Waals surface area contributed by atoms with Gasteiger partial charge in [-0.15, -0.1) is 24.2 Å². The molecule has 1 saturated carbocycles. The molecule has 114 valence electrons. The van der Waals surface area contributed by atoms with Crippen molar-refractivity contribution in [1.29, 1.82) is 0 Å². The number of hydrogen-bond acceptors (Lipinski definition) is 5. The summed E-state index contributed by atoms with van der Waals surface area (Å²) in [5.41, 5.74) is 7.23. The molecule has 0 aliphatic heterocycles. The van der Waals surface area contributed by atoms with Gasteiger partial charge in [0.15, 0.2) is 5.82 Å². The van der Waals surface area contributed by atoms with E-state index in [-0.39, 0.29) is 17.9 Å². The summed E-state index contributed by atoms with van der Waals surface area (Å²) in [6.07, 6.45) is 4.21. The molecule has 1 aromatic carbocycles. The maximum Gasteiger partial charge on any atom is 0.237 e. The van der Waals surface area contributed by atoms with Crippen LogP contribution in [-0.2, 0) is 11.3 Å². The minimum atomic E-state index is -0.365. The van der Waals surface area contributed by atoms with Crippen molar-refractivity contribution in [3.05, 3.63) is 41.5 Å². The Balaban J connectivity index is 0.00000161. The molecule has 6 heteroatoms. The molecule has 1 heterocycles. The summed E-state index contributed by atoms with van der Waals surface area (Å²) in [7, 11) is 0. The predicted octanol–water partition coefficient (Wildman–Crippen LogP) is 3.82. The number of hydrogen-bond donors (Lipinski definition) is 1. The van der Waals surface area contributed by atoms with E-state index in [0.717, 1.165) is 25.7 Å². The Bertz CT molecular complexity index is 579. The van der Waals surface area contributed by atoms with Crippen molar-refractivity contribution >= 4 is 24.2 Å². The van der Waals surface area contributed by atoms with Crippen LogP contribution in [-0.4, -0.2) is 10.1 Å². The molecule has 3 rings (SSSR count). The van der Waals surface area contributed by atoms with Crippen LogP contribution in [0.2, 0.25) is 0 Å². The third-order valence-corrected chi connectivity index (χ3v) is 4.79. The molecule has 0 radical (unpaired) electrons. The van der Waals surface area contributed by atoms with E-state index in [1.165, 1.54) is 10.5 Å². The van der Waals surface area contributed by atoms with Crippen molar-refractivity contribution in [3.8, 4) is 0 Å². The summed E-state index contributed by atoms with van der Waals surface area (Å²) in [6.45, 7) is 2.08. The van der Waals surface area contributed by atoms with Crippen molar-refractivity contribution in [3.63, 3.8) is 0 Å². The van der Waals surface area contributed by atoms with E-state index >= 15 is 0 Å². The van der Waals surface area contributed by atoms with Gasteiger partial charge in [-0.2, -0.15) is 4.98 Å². The second-order valence-corrected chi connectivity index (χ2v) is 6.53. The van der Waals surface area contributed by atoms with Crippen LogP contribution in [0.25, 0.3) is 0 Å². The average Bonchev–Trinajstić information content (AvgIpc) is 3.08. The number of aryl methyl sites for hydroxylation is 1. The molecule has 1 aliphatic carbocycles. The Labute approximate surface area is 135 Å². The van der Waals surface area contributed by atoms with Gasteiger partial charge in [-0.1, -0.05) is 35.7 Å². The molecule has 0 bridgehead atoms. The first-order valence-electron chi connectivity index (χ1n) is 6.97. The van der Waals surface area contributed by atoms with Crippen LogP contribution in [0.5, 0.6) is 0 Å². The minimum absolute atomic E-state index is 0. The fourth-order valence-electron chi connectivity index (χ4n) is 2.52. The highest BCUT2D eigenvalue weighted by atomic mass is 35.5. The lowest BCUT2D eigenvalue weighted by molar-refractivity contribution is 0.355. The smallest absolute Gasteiger partial charge is 0.237 e. The van der Waals surface area contributed by atoms with Gasteiger partial charge in [0.25, 0.3) is 0 Å². The number of thioether (sulfide) groups is 1. The Morgan fingerprint density at radius 1 is 1.24 bits per heavy atom. The van der Waals surface area contributed by atoms with Crippen LogP contribution in [0.15, 0.2) is 33.7 Å². The quantitative estimate of drug-likeness (QED) is 0.866. The number of nitrogens with two attached hydrogens (primary N) is 1. The van der Waals surface area contributed by atoms with Crippen molar-refractivity contribution in [2.45, 2.75) is 48.8 Å². The minimum Gasteiger partial charge on any atom is -0.338 e. The molecule has 2 N–H and O–H groups in total. The third kappa shape index (κ3) is 3.78. The highest BCUT2D eigenvalue weighted by Gasteiger charge is 2.35. The summed E-state index contributed by atoms with van der Waals surface area (Å²) in [5, 5.41) is 4.07. The predicted molar refractivity (Wildman–Crippen MR) is 86.6 cm³/mol.